The Balaban J connectivity index is 2.10. The van der Waals surface area contributed by atoms with Gasteiger partial charge in [0.1, 0.15) is 10.9 Å². The molecule has 0 aromatic heterocycles. The Morgan fingerprint density at radius 2 is 2.00 bits per heavy atom. The van der Waals surface area contributed by atoms with Crippen LogP contribution in [0.3, 0.4) is 0 Å². The largest absolute Gasteiger partial charge is 0.341 e. The molecule has 92 valence electrons. The molecule has 1 atom stereocenters. The standard InChI is InChI=1S/C11H13NO4S/c13-11(10-7-4-8-12-10)16-17(14,15)9-5-2-1-3-6-9/h1-3,5-6,10,12H,4,7-8H2. The monoisotopic (exact) mass is 255 g/mol. The Labute approximate surface area is 99.9 Å². The maximum Gasteiger partial charge on any atom is 0.341 e. The molecule has 0 bridgehead atoms. The molecule has 0 radical (unpaired) electrons. The van der Waals surface area contributed by atoms with E-state index in [2.05, 4.69) is 9.50 Å². The van der Waals surface area contributed by atoms with Crippen molar-refractivity contribution in [3.63, 3.8) is 0 Å². The van der Waals surface area contributed by atoms with E-state index in [4.69, 9.17) is 0 Å². The third-order valence-corrected chi connectivity index (χ3v) is 3.80. The lowest BCUT2D eigenvalue weighted by molar-refractivity contribution is -0.135. The average molecular weight is 255 g/mol. The molecule has 1 N–H and O–H groups in total. The Morgan fingerprint density at radius 3 is 2.59 bits per heavy atom. The van der Waals surface area contributed by atoms with Crippen LogP contribution in [0, 0.1) is 0 Å². The summed E-state index contributed by atoms with van der Waals surface area (Å²) in [4.78, 5) is 11.6. The van der Waals surface area contributed by atoms with Crippen LogP contribution in [0.4, 0.5) is 0 Å². The van der Waals surface area contributed by atoms with E-state index < -0.39 is 22.1 Å². The molecule has 0 spiro atoms. The minimum atomic E-state index is -3.99. The van der Waals surface area contributed by atoms with E-state index in [-0.39, 0.29) is 4.90 Å². The first-order valence-corrected chi connectivity index (χ1v) is 6.77. The summed E-state index contributed by atoms with van der Waals surface area (Å²) in [5, 5.41) is 2.89. The summed E-state index contributed by atoms with van der Waals surface area (Å²) >= 11 is 0. The van der Waals surface area contributed by atoms with Gasteiger partial charge in [-0.15, -0.1) is 0 Å². The van der Waals surface area contributed by atoms with Gasteiger partial charge in [0.15, 0.2) is 0 Å². The van der Waals surface area contributed by atoms with Crippen LogP contribution in [-0.2, 0) is 19.1 Å². The second-order valence-corrected chi connectivity index (χ2v) is 5.36. The van der Waals surface area contributed by atoms with Gasteiger partial charge in [-0.25, -0.2) is 4.79 Å². The summed E-state index contributed by atoms with van der Waals surface area (Å²) in [6, 6.07) is 7.13. The third kappa shape index (κ3) is 2.83. The number of hydrogen-bond donors (Lipinski definition) is 1. The number of carbonyl (C=O) groups excluding carboxylic acids is 1. The molecule has 1 fully saturated rings. The molecule has 0 amide bonds. The molecule has 1 unspecified atom stereocenters. The highest BCUT2D eigenvalue weighted by atomic mass is 32.2. The van der Waals surface area contributed by atoms with Crippen LogP contribution in [-0.4, -0.2) is 27.0 Å². The van der Waals surface area contributed by atoms with Crippen LogP contribution < -0.4 is 5.32 Å². The number of hydrogen-bond acceptors (Lipinski definition) is 5. The van der Waals surface area contributed by atoms with Gasteiger partial charge >= 0.3 is 16.1 Å². The molecule has 0 aliphatic carbocycles. The summed E-state index contributed by atoms with van der Waals surface area (Å²) in [6.07, 6.45) is 1.47. The smallest absolute Gasteiger partial charge is 0.341 e. The third-order valence-electron chi connectivity index (χ3n) is 2.57. The van der Waals surface area contributed by atoms with Crippen molar-refractivity contribution in [2.24, 2.45) is 0 Å². The molecule has 1 saturated heterocycles. The number of benzene rings is 1. The van der Waals surface area contributed by atoms with E-state index in [1.165, 1.54) is 12.1 Å². The van der Waals surface area contributed by atoms with Gasteiger partial charge in [0.05, 0.1) is 0 Å². The van der Waals surface area contributed by atoms with E-state index in [0.717, 1.165) is 6.42 Å². The molecule has 1 aromatic carbocycles. The van der Waals surface area contributed by atoms with Crippen molar-refractivity contribution in [3.05, 3.63) is 30.3 Å². The first-order chi connectivity index (χ1) is 8.09. The predicted molar refractivity (Wildman–Crippen MR) is 60.7 cm³/mol. The van der Waals surface area contributed by atoms with Crippen molar-refractivity contribution in [1.29, 1.82) is 0 Å². The van der Waals surface area contributed by atoms with Crippen molar-refractivity contribution in [2.45, 2.75) is 23.8 Å². The zero-order valence-electron chi connectivity index (χ0n) is 9.13. The normalized spacial score (nSPS) is 20.1. The van der Waals surface area contributed by atoms with E-state index >= 15 is 0 Å². The maximum atomic E-state index is 11.7. The molecular formula is C11H13NO4S. The van der Waals surface area contributed by atoms with Gasteiger partial charge < -0.3 is 9.50 Å². The quantitative estimate of drug-likeness (QED) is 0.804. The van der Waals surface area contributed by atoms with Crippen molar-refractivity contribution < 1.29 is 17.4 Å². The fraction of sp³-hybridized carbons (Fsp3) is 0.364. The summed E-state index contributed by atoms with van der Waals surface area (Å²) in [6.45, 7) is 0.713. The van der Waals surface area contributed by atoms with E-state index in [1.807, 2.05) is 0 Å². The summed E-state index contributed by atoms with van der Waals surface area (Å²) < 4.78 is 28.0. The Kier molecular flexibility index (Phi) is 3.44. The van der Waals surface area contributed by atoms with Gasteiger partial charge in [-0.05, 0) is 31.5 Å². The topological polar surface area (TPSA) is 72.5 Å². The minimum absolute atomic E-state index is 0.00801. The lowest BCUT2D eigenvalue weighted by Crippen LogP contribution is -2.33. The fourth-order valence-corrected chi connectivity index (χ4v) is 2.61. The second kappa shape index (κ2) is 4.85. The highest BCUT2D eigenvalue weighted by Gasteiger charge is 2.28. The van der Waals surface area contributed by atoms with Crippen LogP contribution in [0.25, 0.3) is 0 Å². The van der Waals surface area contributed by atoms with E-state index in [9.17, 15) is 13.2 Å². The van der Waals surface area contributed by atoms with Gasteiger partial charge in [0.2, 0.25) is 0 Å². The van der Waals surface area contributed by atoms with Gasteiger partial charge in [0, 0.05) is 0 Å². The summed E-state index contributed by atoms with van der Waals surface area (Å²) in [7, 11) is -3.99. The molecule has 1 aromatic rings. The first kappa shape index (κ1) is 12.1. The molecular weight excluding hydrogens is 242 g/mol. The zero-order chi connectivity index (χ0) is 12.3. The first-order valence-electron chi connectivity index (χ1n) is 5.36. The van der Waals surface area contributed by atoms with Gasteiger partial charge in [-0.2, -0.15) is 8.42 Å². The van der Waals surface area contributed by atoms with Gasteiger partial charge in [0.25, 0.3) is 0 Å². The second-order valence-electron chi connectivity index (χ2n) is 3.82. The maximum absolute atomic E-state index is 11.7. The minimum Gasteiger partial charge on any atom is -0.341 e. The van der Waals surface area contributed by atoms with E-state index in [0.29, 0.717) is 13.0 Å². The Morgan fingerprint density at radius 1 is 1.29 bits per heavy atom. The molecule has 1 heterocycles. The van der Waals surface area contributed by atoms with Crippen LogP contribution in [0.5, 0.6) is 0 Å². The van der Waals surface area contributed by atoms with Crippen LogP contribution >= 0.6 is 0 Å². The lowest BCUT2D eigenvalue weighted by Gasteiger charge is -2.09. The fourth-order valence-electron chi connectivity index (χ4n) is 1.69. The Hall–Kier alpha value is -1.40. The molecule has 1 aliphatic heterocycles. The molecule has 6 heteroatoms. The summed E-state index contributed by atoms with van der Waals surface area (Å²) in [5.74, 6) is -0.730. The zero-order valence-corrected chi connectivity index (χ0v) is 9.94. The predicted octanol–water partition coefficient (Wildman–Crippen LogP) is 0.671. The molecule has 0 saturated carbocycles. The van der Waals surface area contributed by atoms with Crippen LogP contribution in [0.1, 0.15) is 12.8 Å². The van der Waals surface area contributed by atoms with Crippen molar-refractivity contribution in [3.8, 4) is 0 Å². The average Bonchev–Trinajstić information content (AvgIpc) is 2.83. The highest BCUT2D eigenvalue weighted by molar-refractivity contribution is 7.87. The van der Waals surface area contributed by atoms with Crippen molar-refractivity contribution >= 4 is 16.1 Å². The van der Waals surface area contributed by atoms with E-state index in [1.54, 1.807) is 18.2 Å². The molecule has 1 aliphatic rings. The molecule has 17 heavy (non-hydrogen) atoms. The number of nitrogens with one attached hydrogen (secondary N) is 1. The number of rotatable bonds is 3. The lowest BCUT2D eigenvalue weighted by atomic mass is 10.2. The van der Waals surface area contributed by atoms with Crippen LogP contribution in [0.2, 0.25) is 0 Å². The highest BCUT2D eigenvalue weighted by Crippen LogP contribution is 2.14. The summed E-state index contributed by atoms with van der Waals surface area (Å²) in [5.41, 5.74) is 0. The number of carbonyl (C=O) groups is 1. The molecule has 5 nitrogen and oxygen atoms in total. The van der Waals surface area contributed by atoms with Gasteiger partial charge in [-0.3, -0.25) is 0 Å². The van der Waals surface area contributed by atoms with Crippen molar-refractivity contribution in [1.82, 2.24) is 5.32 Å². The molecule has 2 rings (SSSR count). The van der Waals surface area contributed by atoms with Crippen LogP contribution in [0.15, 0.2) is 35.2 Å². The van der Waals surface area contributed by atoms with Gasteiger partial charge in [-0.1, -0.05) is 18.2 Å². The SMILES string of the molecule is O=C(OS(=O)(=O)c1ccccc1)C1CCCN1. The Bertz CT molecular complexity index is 491. The van der Waals surface area contributed by atoms with Crippen molar-refractivity contribution in [2.75, 3.05) is 6.54 Å².